The lowest BCUT2D eigenvalue weighted by molar-refractivity contribution is -0.0395. The summed E-state index contributed by atoms with van der Waals surface area (Å²) in [7, 11) is -1.28. The molecule has 164 valence electrons. The fraction of sp³-hybridized carbons (Fsp3) is 0.737. The van der Waals surface area contributed by atoms with Crippen molar-refractivity contribution >= 4 is 21.5 Å². The van der Waals surface area contributed by atoms with Crippen LogP contribution in [-0.2, 0) is 10.0 Å². The minimum atomic E-state index is -3.28. The third-order valence-corrected chi connectivity index (χ3v) is 7.81. The number of hydrogen-bond acceptors (Lipinski definition) is 8. The van der Waals surface area contributed by atoms with E-state index >= 15 is 0 Å². The van der Waals surface area contributed by atoms with Crippen molar-refractivity contribution in [1.29, 1.82) is 0 Å². The first kappa shape index (κ1) is 20.1. The van der Waals surface area contributed by atoms with E-state index in [-0.39, 0.29) is 6.54 Å². The number of likely N-dealkylation sites (N-methyl/N-ethyl adjacent to an activating group) is 1. The van der Waals surface area contributed by atoms with Crippen LogP contribution >= 0.6 is 0 Å². The normalized spacial score (nSPS) is 26.5. The van der Waals surface area contributed by atoms with E-state index in [1.165, 1.54) is 10.6 Å². The average Bonchev–Trinajstić information content (AvgIpc) is 3.39. The van der Waals surface area contributed by atoms with Crippen molar-refractivity contribution < 1.29 is 13.5 Å². The predicted molar refractivity (Wildman–Crippen MR) is 112 cm³/mol. The molecular formula is C19H29N7O3S. The molecule has 2 aliphatic heterocycles. The van der Waals surface area contributed by atoms with Crippen LogP contribution in [0.2, 0.25) is 0 Å². The first-order chi connectivity index (χ1) is 14.2. The van der Waals surface area contributed by atoms with E-state index in [1.807, 2.05) is 23.7 Å². The zero-order chi connectivity index (χ0) is 21.1. The number of aliphatic hydroxyl groups is 1. The highest BCUT2D eigenvalue weighted by molar-refractivity contribution is 7.88. The average molecular weight is 436 g/mol. The Hall–Kier alpha value is -1.82. The molecule has 11 heteroatoms. The van der Waals surface area contributed by atoms with Crippen molar-refractivity contribution in [3.63, 3.8) is 0 Å². The zero-order valence-electron chi connectivity index (χ0n) is 17.5. The Labute approximate surface area is 176 Å². The van der Waals surface area contributed by atoms with Crippen molar-refractivity contribution in [3.05, 3.63) is 18.0 Å². The number of nitrogens with zero attached hydrogens (tertiary/aromatic N) is 7. The van der Waals surface area contributed by atoms with Gasteiger partial charge in [0.1, 0.15) is 5.82 Å². The van der Waals surface area contributed by atoms with Gasteiger partial charge in [-0.1, -0.05) is 0 Å². The van der Waals surface area contributed by atoms with Gasteiger partial charge in [0.2, 0.25) is 10.0 Å². The molecule has 0 bridgehead atoms. The minimum absolute atomic E-state index is 0.169. The van der Waals surface area contributed by atoms with Gasteiger partial charge in [-0.3, -0.25) is 4.90 Å². The standard InChI is InChI=1S/C19H29N7O3S/c1-23(12-19(27)8-3-9-25(13-19)30(2,28)29)15-10-24(11-15)17-7-6-16-20-21-18(14-4-5-14)26(16)22-17/h6-7,14-15,27H,3-5,8-13H2,1-2H3. The number of sulfonamides is 1. The monoisotopic (exact) mass is 435 g/mol. The van der Waals surface area contributed by atoms with Crippen molar-refractivity contribution in [1.82, 2.24) is 29.0 Å². The number of hydrogen-bond donors (Lipinski definition) is 1. The summed E-state index contributed by atoms with van der Waals surface area (Å²) in [4.78, 5) is 4.36. The number of anilines is 1. The molecule has 0 amide bonds. The van der Waals surface area contributed by atoms with Crippen LogP contribution in [0.5, 0.6) is 0 Å². The Kier molecular flexibility index (Phi) is 4.77. The highest BCUT2D eigenvalue weighted by Crippen LogP contribution is 2.39. The lowest BCUT2D eigenvalue weighted by Crippen LogP contribution is -2.63. The number of aromatic nitrogens is 4. The van der Waals surface area contributed by atoms with Crippen LogP contribution in [0.25, 0.3) is 5.65 Å². The van der Waals surface area contributed by atoms with Crippen LogP contribution in [0.15, 0.2) is 12.1 Å². The van der Waals surface area contributed by atoms with Gasteiger partial charge in [0.05, 0.1) is 11.9 Å². The molecule has 10 nitrogen and oxygen atoms in total. The highest BCUT2D eigenvalue weighted by atomic mass is 32.2. The maximum absolute atomic E-state index is 11.9. The molecule has 2 aromatic heterocycles. The highest BCUT2D eigenvalue weighted by Gasteiger charge is 2.40. The molecule has 1 N–H and O–H groups in total. The number of β-amino-alcohol motifs (C(OH)–C–C–N with tert-alkyl or cyclic N) is 1. The smallest absolute Gasteiger partial charge is 0.211 e. The van der Waals surface area contributed by atoms with Crippen molar-refractivity contribution in [2.75, 3.05) is 50.9 Å². The molecule has 4 heterocycles. The fourth-order valence-electron chi connectivity index (χ4n) is 4.56. The first-order valence-corrected chi connectivity index (χ1v) is 12.4. The van der Waals surface area contributed by atoms with E-state index in [9.17, 15) is 13.5 Å². The van der Waals surface area contributed by atoms with E-state index in [2.05, 4.69) is 20.0 Å². The lowest BCUT2D eigenvalue weighted by atomic mass is 9.92. The van der Waals surface area contributed by atoms with Gasteiger partial charge in [0, 0.05) is 44.7 Å². The number of fused-ring (bicyclic) bond motifs is 1. The van der Waals surface area contributed by atoms with Crippen LogP contribution < -0.4 is 4.90 Å². The molecule has 0 spiro atoms. The third kappa shape index (κ3) is 3.79. The molecule has 0 aromatic carbocycles. The molecule has 2 aromatic rings. The molecule has 1 atom stereocenters. The van der Waals surface area contributed by atoms with Gasteiger partial charge in [-0.05, 0) is 44.9 Å². The molecule has 3 fully saturated rings. The molecular weight excluding hydrogens is 406 g/mol. The van der Waals surface area contributed by atoms with E-state index in [0.29, 0.717) is 37.9 Å². The van der Waals surface area contributed by atoms with Gasteiger partial charge in [0.25, 0.3) is 0 Å². The van der Waals surface area contributed by atoms with Crippen molar-refractivity contribution in [3.8, 4) is 0 Å². The van der Waals surface area contributed by atoms with Gasteiger partial charge >= 0.3 is 0 Å². The van der Waals surface area contributed by atoms with E-state index in [0.717, 1.165) is 43.2 Å². The first-order valence-electron chi connectivity index (χ1n) is 10.6. The van der Waals surface area contributed by atoms with E-state index in [1.54, 1.807) is 0 Å². The Balaban J connectivity index is 1.21. The van der Waals surface area contributed by atoms with E-state index in [4.69, 9.17) is 5.10 Å². The van der Waals surface area contributed by atoms with Crippen LogP contribution in [0.3, 0.4) is 0 Å². The molecule has 5 rings (SSSR count). The fourth-order valence-corrected chi connectivity index (χ4v) is 5.49. The summed E-state index contributed by atoms with van der Waals surface area (Å²) in [6.07, 6.45) is 4.82. The number of piperidine rings is 1. The maximum Gasteiger partial charge on any atom is 0.211 e. The van der Waals surface area contributed by atoms with Gasteiger partial charge in [-0.2, -0.15) is 8.82 Å². The molecule has 1 aliphatic carbocycles. The number of rotatable bonds is 6. The Morgan fingerprint density at radius 3 is 2.73 bits per heavy atom. The molecule has 3 aliphatic rings. The quantitative estimate of drug-likeness (QED) is 0.671. The molecule has 30 heavy (non-hydrogen) atoms. The van der Waals surface area contributed by atoms with Gasteiger partial charge < -0.3 is 10.0 Å². The summed E-state index contributed by atoms with van der Waals surface area (Å²) in [5.74, 6) is 2.35. The van der Waals surface area contributed by atoms with Crippen LogP contribution in [0.4, 0.5) is 5.82 Å². The summed E-state index contributed by atoms with van der Waals surface area (Å²) in [6, 6.07) is 4.24. The topological polar surface area (TPSA) is 107 Å². The second-order valence-electron chi connectivity index (χ2n) is 9.19. The molecule has 2 saturated heterocycles. The van der Waals surface area contributed by atoms with Crippen LogP contribution in [-0.4, -0.2) is 100 Å². The minimum Gasteiger partial charge on any atom is -0.387 e. The summed E-state index contributed by atoms with van der Waals surface area (Å²) in [5.41, 5.74) is -0.222. The summed E-state index contributed by atoms with van der Waals surface area (Å²) < 4.78 is 27.0. The van der Waals surface area contributed by atoms with Crippen molar-refractivity contribution in [2.24, 2.45) is 0 Å². The maximum atomic E-state index is 11.9. The summed E-state index contributed by atoms with van der Waals surface area (Å²) in [6.45, 7) is 2.76. The Bertz CT molecular complexity index is 1050. The summed E-state index contributed by atoms with van der Waals surface area (Å²) >= 11 is 0. The van der Waals surface area contributed by atoms with Crippen molar-refractivity contribution in [2.45, 2.75) is 43.2 Å². The second kappa shape index (κ2) is 7.11. The lowest BCUT2D eigenvalue weighted by Gasteiger charge is -2.48. The predicted octanol–water partition coefficient (Wildman–Crippen LogP) is -0.0914. The third-order valence-electron chi connectivity index (χ3n) is 6.56. The van der Waals surface area contributed by atoms with Gasteiger partial charge in [-0.25, -0.2) is 8.42 Å². The largest absolute Gasteiger partial charge is 0.387 e. The van der Waals surface area contributed by atoms with Crippen LogP contribution in [0.1, 0.15) is 37.4 Å². The Morgan fingerprint density at radius 1 is 1.27 bits per heavy atom. The SMILES string of the molecule is CN(CC1(O)CCCN(S(C)(=O)=O)C1)C1CN(c2ccc3nnc(C4CC4)n3n2)C1. The zero-order valence-corrected chi connectivity index (χ0v) is 18.3. The second-order valence-corrected chi connectivity index (χ2v) is 11.2. The van der Waals surface area contributed by atoms with Gasteiger partial charge in [-0.15, -0.1) is 15.3 Å². The van der Waals surface area contributed by atoms with E-state index < -0.39 is 15.6 Å². The van der Waals surface area contributed by atoms with Gasteiger partial charge in [0.15, 0.2) is 11.5 Å². The molecule has 1 unspecified atom stereocenters. The summed E-state index contributed by atoms with van der Waals surface area (Å²) in [5, 5.41) is 24.3. The van der Waals surface area contributed by atoms with Crippen LogP contribution in [0, 0.1) is 0 Å². The molecule has 0 radical (unpaired) electrons. The molecule has 1 saturated carbocycles. The Morgan fingerprint density at radius 2 is 2.03 bits per heavy atom.